The number of carbonyl (C=O) groups is 1. The Balaban J connectivity index is 2.17. The van der Waals surface area contributed by atoms with Crippen molar-refractivity contribution in [2.75, 3.05) is 6.54 Å². The Kier molecular flexibility index (Phi) is 2.87. The zero-order chi connectivity index (χ0) is 12.6. The summed E-state index contributed by atoms with van der Waals surface area (Å²) >= 11 is 0. The third kappa shape index (κ3) is 1.91. The molecule has 0 aromatic heterocycles. The van der Waals surface area contributed by atoms with E-state index in [1.807, 2.05) is 0 Å². The van der Waals surface area contributed by atoms with E-state index >= 15 is 0 Å². The van der Waals surface area contributed by atoms with Gasteiger partial charge in [-0.15, -0.1) is 0 Å². The minimum atomic E-state index is -0.991. The Labute approximate surface area is 97.2 Å². The van der Waals surface area contributed by atoms with Gasteiger partial charge in [0.1, 0.15) is 11.6 Å². The fourth-order valence-electron chi connectivity index (χ4n) is 2.22. The zero-order valence-electron chi connectivity index (χ0n) is 9.12. The van der Waals surface area contributed by atoms with Crippen LogP contribution in [0.2, 0.25) is 0 Å². The fourth-order valence-corrected chi connectivity index (χ4v) is 2.22. The number of carboxylic acid groups (broad SMARTS) is 1. The van der Waals surface area contributed by atoms with E-state index in [0.717, 1.165) is 0 Å². The van der Waals surface area contributed by atoms with Crippen LogP contribution < -0.4 is 5.73 Å². The van der Waals surface area contributed by atoms with Crippen molar-refractivity contribution in [2.24, 2.45) is 17.1 Å². The Bertz CT molecular complexity index is 444. The van der Waals surface area contributed by atoms with Crippen LogP contribution >= 0.6 is 0 Å². The first-order chi connectivity index (χ1) is 8.01. The van der Waals surface area contributed by atoms with Gasteiger partial charge in [-0.05, 0) is 30.9 Å². The van der Waals surface area contributed by atoms with Gasteiger partial charge in [-0.25, -0.2) is 8.78 Å². The predicted molar refractivity (Wildman–Crippen MR) is 57.3 cm³/mol. The van der Waals surface area contributed by atoms with Gasteiger partial charge in [0, 0.05) is 12.1 Å². The normalized spacial score (nSPS) is 26.9. The Morgan fingerprint density at radius 2 is 2.06 bits per heavy atom. The van der Waals surface area contributed by atoms with Crippen molar-refractivity contribution in [3.8, 4) is 0 Å². The standard InChI is InChI=1S/C12H13F2NO2/c13-9-2-1-3-10(14)8(9)4-7-5-12(7,6-15)11(16)17/h1-3,7H,4-6,15H2,(H,16,17). The highest BCUT2D eigenvalue weighted by Gasteiger charge is 2.59. The maximum atomic E-state index is 13.4. The minimum Gasteiger partial charge on any atom is -0.481 e. The lowest BCUT2D eigenvalue weighted by atomic mass is 9.99. The lowest BCUT2D eigenvalue weighted by Gasteiger charge is -2.09. The molecule has 3 nitrogen and oxygen atoms in total. The summed E-state index contributed by atoms with van der Waals surface area (Å²) in [4.78, 5) is 11.0. The molecule has 1 fully saturated rings. The molecule has 2 rings (SSSR count). The molecule has 0 bridgehead atoms. The number of benzene rings is 1. The van der Waals surface area contributed by atoms with Crippen LogP contribution in [0.25, 0.3) is 0 Å². The van der Waals surface area contributed by atoms with Crippen molar-refractivity contribution in [3.05, 3.63) is 35.4 Å². The lowest BCUT2D eigenvalue weighted by molar-refractivity contribution is -0.143. The van der Waals surface area contributed by atoms with Crippen molar-refractivity contribution in [3.63, 3.8) is 0 Å². The first-order valence-corrected chi connectivity index (χ1v) is 5.37. The van der Waals surface area contributed by atoms with Crippen LogP contribution in [0.15, 0.2) is 18.2 Å². The molecule has 0 radical (unpaired) electrons. The molecule has 1 saturated carbocycles. The van der Waals surface area contributed by atoms with Crippen molar-refractivity contribution in [1.82, 2.24) is 0 Å². The van der Waals surface area contributed by atoms with Crippen LogP contribution in [0.1, 0.15) is 12.0 Å². The molecule has 0 saturated heterocycles. The third-order valence-corrected chi connectivity index (χ3v) is 3.53. The molecule has 1 aromatic rings. The number of rotatable bonds is 4. The van der Waals surface area contributed by atoms with Crippen LogP contribution in [0, 0.1) is 23.0 Å². The quantitative estimate of drug-likeness (QED) is 0.840. The average Bonchev–Trinajstić information content (AvgIpc) is 2.99. The van der Waals surface area contributed by atoms with Crippen LogP contribution in [0.5, 0.6) is 0 Å². The first-order valence-electron chi connectivity index (χ1n) is 5.37. The summed E-state index contributed by atoms with van der Waals surface area (Å²) < 4.78 is 26.8. The molecule has 92 valence electrons. The maximum absolute atomic E-state index is 13.4. The molecule has 17 heavy (non-hydrogen) atoms. The van der Waals surface area contributed by atoms with Crippen molar-refractivity contribution >= 4 is 5.97 Å². The van der Waals surface area contributed by atoms with Gasteiger partial charge in [0.25, 0.3) is 0 Å². The second-order valence-corrected chi connectivity index (χ2v) is 4.47. The molecule has 5 heteroatoms. The van der Waals surface area contributed by atoms with Crippen LogP contribution in [0.4, 0.5) is 8.78 Å². The minimum absolute atomic E-state index is 0.00305. The van der Waals surface area contributed by atoms with Crippen LogP contribution in [-0.2, 0) is 11.2 Å². The van der Waals surface area contributed by atoms with Gasteiger partial charge in [-0.2, -0.15) is 0 Å². The second kappa shape index (κ2) is 4.07. The van der Waals surface area contributed by atoms with E-state index in [1.54, 1.807) is 0 Å². The molecule has 0 heterocycles. The molecule has 2 unspecified atom stereocenters. The van der Waals surface area contributed by atoms with E-state index in [-0.39, 0.29) is 24.4 Å². The monoisotopic (exact) mass is 241 g/mol. The molecular formula is C12H13F2NO2. The van der Waals surface area contributed by atoms with Gasteiger partial charge >= 0.3 is 5.97 Å². The van der Waals surface area contributed by atoms with Gasteiger partial charge in [0.2, 0.25) is 0 Å². The topological polar surface area (TPSA) is 63.3 Å². The SMILES string of the molecule is NCC1(C(=O)O)CC1Cc1c(F)cccc1F. The smallest absolute Gasteiger partial charge is 0.311 e. The van der Waals surface area contributed by atoms with Gasteiger partial charge < -0.3 is 10.8 Å². The van der Waals surface area contributed by atoms with E-state index in [4.69, 9.17) is 10.8 Å². The summed E-state index contributed by atoms with van der Waals surface area (Å²) in [5.74, 6) is -2.53. The largest absolute Gasteiger partial charge is 0.481 e. The highest BCUT2D eigenvalue weighted by molar-refractivity contribution is 5.79. The molecule has 0 spiro atoms. The van der Waals surface area contributed by atoms with E-state index in [0.29, 0.717) is 6.42 Å². The molecule has 2 atom stereocenters. The zero-order valence-corrected chi connectivity index (χ0v) is 9.12. The molecule has 0 aliphatic heterocycles. The molecule has 0 amide bonds. The summed E-state index contributed by atoms with van der Waals surface area (Å²) in [6.45, 7) is 0.00305. The third-order valence-electron chi connectivity index (χ3n) is 3.53. The highest BCUT2D eigenvalue weighted by atomic mass is 19.1. The van der Waals surface area contributed by atoms with E-state index in [2.05, 4.69) is 0 Å². The molecule has 1 aliphatic rings. The van der Waals surface area contributed by atoms with Crippen molar-refractivity contribution < 1.29 is 18.7 Å². The lowest BCUT2D eigenvalue weighted by Crippen LogP contribution is -2.27. The van der Waals surface area contributed by atoms with Crippen LogP contribution in [0.3, 0.4) is 0 Å². The van der Waals surface area contributed by atoms with Gasteiger partial charge in [-0.3, -0.25) is 4.79 Å². The Hall–Kier alpha value is -1.49. The van der Waals surface area contributed by atoms with Crippen molar-refractivity contribution in [1.29, 1.82) is 0 Å². The second-order valence-electron chi connectivity index (χ2n) is 4.47. The number of carboxylic acids is 1. The van der Waals surface area contributed by atoms with E-state index in [1.165, 1.54) is 18.2 Å². The fraction of sp³-hybridized carbons (Fsp3) is 0.417. The Morgan fingerprint density at radius 1 is 1.47 bits per heavy atom. The summed E-state index contributed by atoms with van der Waals surface area (Å²) in [6.07, 6.45) is 0.467. The average molecular weight is 241 g/mol. The number of halogens is 2. The predicted octanol–water partition coefficient (Wildman–Crippen LogP) is 1.56. The number of nitrogens with two attached hydrogens (primary N) is 1. The molecule has 1 aliphatic carbocycles. The summed E-state index contributed by atoms with van der Waals surface area (Å²) in [5.41, 5.74) is 4.38. The summed E-state index contributed by atoms with van der Waals surface area (Å²) in [5, 5.41) is 9.02. The summed E-state index contributed by atoms with van der Waals surface area (Å²) in [6, 6.07) is 3.63. The molecular weight excluding hydrogens is 228 g/mol. The highest BCUT2D eigenvalue weighted by Crippen LogP contribution is 2.53. The van der Waals surface area contributed by atoms with Gasteiger partial charge in [-0.1, -0.05) is 6.07 Å². The van der Waals surface area contributed by atoms with Crippen molar-refractivity contribution in [2.45, 2.75) is 12.8 Å². The summed E-state index contributed by atoms with van der Waals surface area (Å²) in [7, 11) is 0. The van der Waals surface area contributed by atoms with E-state index < -0.39 is 23.0 Å². The molecule has 1 aromatic carbocycles. The maximum Gasteiger partial charge on any atom is 0.311 e. The Morgan fingerprint density at radius 3 is 2.47 bits per heavy atom. The van der Waals surface area contributed by atoms with Gasteiger partial charge in [0.15, 0.2) is 0 Å². The molecule has 3 N–H and O–H groups in total. The van der Waals surface area contributed by atoms with Crippen LogP contribution in [-0.4, -0.2) is 17.6 Å². The number of hydrogen-bond acceptors (Lipinski definition) is 2. The van der Waals surface area contributed by atoms with E-state index in [9.17, 15) is 13.6 Å². The first kappa shape index (κ1) is 12.0. The number of aliphatic carboxylic acids is 1. The number of hydrogen-bond donors (Lipinski definition) is 2. The van der Waals surface area contributed by atoms with Gasteiger partial charge in [0.05, 0.1) is 5.41 Å².